The number of nitrogens with zero attached hydrogens (tertiary/aromatic N) is 1. The van der Waals surface area contributed by atoms with Crippen LogP contribution < -0.4 is 0 Å². The van der Waals surface area contributed by atoms with Crippen LogP contribution in [0.2, 0.25) is 0 Å². The lowest BCUT2D eigenvalue weighted by atomic mass is 9.93. The van der Waals surface area contributed by atoms with Crippen molar-refractivity contribution in [3.63, 3.8) is 0 Å². The second-order valence-electron chi connectivity index (χ2n) is 5.58. The minimum Gasteiger partial charge on any atom is -0.357 e. The lowest BCUT2D eigenvalue weighted by Gasteiger charge is -2.35. The maximum Gasteiger partial charge on any atom is 0.102 e. The second kappa shape index (κ2) is 2.73. The quantitative estimate of drug-likeness (QED) is 0.450. The summed E-state index contributed by atoms with van der Waals surface area (Å²) in [7, 11) is 0. The first-order valence-electron chi connectivity index (χ1n) is 5.34. The molecule has 0 aromatic carbocycles. The summed E-state index contributed by atoms with van der Waals surface area (Å²) in [6.45, 7) is 7.57. The molecule has 1 aliphatic carbocycles. The van der Waals surface area contributed by atoms with Crippen molar-refractivity contribution in [1.82, 2.24) is 4.90 Å². The van der Waals surface area contributed by atoms with Crippen LogP contribution in [0, 0.1) is 16.7 Å². The predicted molar refractivity (Wildman–Crippen MR) is 55.0 cm³/mol. The molecule has 1 N–H and O–H groups in total. The molecule has 2 bridgehead atoms. The first-order chi connectivity index (χ1) is 5.98. The molecule has 1 saturated heterocycles. The van der Waals surface area contributed by atoms with Gasteiger partial charge in [0.25, 0.3) is 0 Å². The molecule has 2 fully saturated rings. The summed E-state index contributed by atoms with van der Waals surface area (Å²) in [5, 5.41) is 8.12. The molecule has 0 aromatic rings. The van der Waals surface area contributed by atoms with Crippen molar-refractivity contribution in [3.05, 3.63) is 0 Å². The molecule has 1 aliphatic heterocycles. The number of piperidine rings is 1. The minimum atomic E-state index is 0.0322. The van der Waals surface area contributed by atoms with Crippen molar-refractivity contribution in [1.29, 1.82) is 5.41 Å². The fraction of sp³-hybridized carbons (Fsp3) is 0.909. The highest BCUT2D eigenvalue weighted by Gasteiger charge is 2.41. The van der Waals surface area contributed by atoms with Crippen molar-refractivity contribution in [2.75, 3.05) is 6.54 Å². The minimum absolute atomic E-state index is 0.0322. The van der Waals surface area contributed by atoms with E-state index in [1.807, 2.05) is 0 Å². The molecule has 0 radical (unpaired) electrons. The van der Waals surface area contributed by atoms with Gasteiger partial charge in [0.2, 0.25) is 0 Å². The Morgan fingerprint density at radius 1 is 1.31 bits per heavy atom. The van der Waals surface area contributed by atoms with E-state index in [0.717, 1.165) is 18.3 Å². The molecule has 1 saturated carbocycles. The van der Waals surface area contributed by atoms with Crippen LogP contribution in [0.5, 0.6) is 0 Å². The maximum absolute atomic E-state index is 8.12. The van der Waals surface area contributed by atoms with E-state index in [4.69, 9.17) is 5.41 Å². The zero-order valence-corrected chi connectivity index (χ0v) is 8.93. The molecule has 2 atom stereocenters. The van der Waals surface area contributed by atoms with E-state index < -0.39 is 0 Å². The van der Waals surface area contributed by atoms with Crippen molar-refractivity contribution < 1.29 is 0 Å². The summed E-state index contributed by atoms with van der Waals surface area (Å²) >= 11 is 0. The first-order valence-corrected chi connectivity index (χ1v) is 5.34. The molecular weight excluding hydrogens is 160 g/mol. The van der Waals surface area contributed by atoms with Gasteiger partial charge in [0, 0.05) is 18.0 Å². The molecule has 0 aromatic heterocycles. The van der Waals surface area contributed by atoms with E-state index in [9.17, 15) is 0 Å². The summed E-state index contributed by atoms with van der Waals surface area (Å²) in [5.74, 6) is 1.74. The topological polar surface area (TPSA) is 27.1 Å². The third kappa shape index (κ3) is 1.47. The summed E-state index contributed by atoms with van der Waals surface area (Å²) in [6, 6.07) is 0.705. The van der Waals surface area contributed by atoms with Crippen molar-refractivity contribution in [2.45, 2.75) is 46.1 Å². The molecule has 2 nitrogen and oxygen atoms in total. The van der Waals surface area contributed by atoms with Crippen LogP contribution in [-0.4, -0.2) is 23.3 Å². The first kappa shape index (κ1) is 9.04. The molecular formula is C11H20N2. The van der Waals surface area contributed by atoms with Crippen molar-refractivity contribution in [2.24, 2.45) is 11.3 Å². The number of nitrogens with one attached hydrogen (secondary N) is 1. The van der Waals surface area contributed by atoms with Gasteiger partial charge in [0.1, 0.15) is 5.84 Å². The van der Waals surface area contributed by atoms with E-state index in [0.29, 0.717) is 6.04 Å². The largest absolute Gasteiger partial charge is 0.357 e. The van der Waals surface area contributed by atoms with Crippen LogP contribution in [0.4, 0.5) is 0 Å². The Hall–Kier alpha value is -0.530. The van der Waals surface area contributed by atoms with Crippen LogP contribution in [-0.2, 0) is 0 Å². The number of fused-ring (bicyclic) bond motifs is 2. The van der Waals surface area contributed by atoms with Crippen LogP contribution in [0.15, 0.2) is 0 Å². The van der Waals surface area contributed by atoms with E-state index in [1.165, 1.54) is 19.3 Å². The molecule has 2 rings (SSSR count). The average Bonchev–Trinajstić information content (AvgIpc) is 2.60. The normalized spacial score (nSPS) is 32.7. The Bertz CT molecular complexity index is 227. The van der Waals surface area contributed by atoms with Gasteiger partial charge in [-0.05, 0) is 25.2 Å². The standard InChI is InChI=1S/C11H20N2/c1-11(2,3)10(12)13-7-8-4-5-9(13)6-8/h8-9,12H,4-7H2,1-3H3. The highest BCUT2D eigenvalue weighted by molar-refractivity contribution is 5.84. The molecule has 13 heavy (non-hydrogen) atoms. The summed E-state index contributed by atoms with van der Waals surface area (Å²) in [4.78, 5) is 2.34. The van der Waals surface area contributed by atoms with Gasteiger partial charge >= 0.3 is 0 Å². The summed E-state index contributed by atoms with van der Waals surface area (Å²) in [6.07, 6.45) is 4.07. The molecule has 1 heterocycles. The van der Waals surface area contributed by atoms with Crippen LogP contribution in [0.1, 0.15) is 40.0 Å². The smallest absolute Gasteiger partial charge is 0.102 e. The number of hydrogen-bond acceptors (Lipinski definition) is 1. The van der Waals surface area contributed by atoms with Crippen LogP contribution in [0.25, 0.3) is 0 Å². The SMILES string of the molecule is CC(C)(C)C(=N)N1CC2CCC1C2. The Morgan fingerprint density at radius 2 is 2.00 bits per heavy atom. The van der Waals surface area contributed by atoms with Crippen molar-refractivity contribution >= 4 is 5.84 Å². The molecule has 2 unspecified atom stereocenters. The van der Waals surface area contributed by atoms with Crippen LogP contribution in [0.3, 0.4) is 0 Å². The predicted octanol–water partition coefficient (Wildman–Crippen LogP) is 2.49. The zero-order valence-electron chi connectivity index (χ0n) is 8.93. The number of likely N-dealkylation sites (tertiary alicyclic amines) is 1. The number of hydrogen-bond donors (Lipinski definition) is 1. The Balaban J connectivity index is 2.07. The van der Waals surface area contributed by atoms with Gasteiger partial charge in [-0.2, -0.15) is 0 Å². The molecule has 0 spiro atoms. The lowest BCUT2D eigenvalue weighted by Crippen LogP contribution is -2.43. The summed E-state index contributed by atoms with van der Waals surface area (Å²) in [5.41, 5.74) is 0.0322. The van der Waals surface area contributed by atoms with E-state index in [2.05, 4.69) is 25.7 Å². The van der Waals surface area contributed by atoms with Gasteiger partial charge in [-0.1, -0.05) is 20.8 Å². The van der Waals surface area contributed by atoms with Gasteiger partial charge in [-0.3, -0.25) is 5.41 Å². The van der Waals surface area contributed by atoms with Gasteiger partial charge in [0.05, 0.1) is 0 Å². The van der Waals surface area contributed by atoms with Gasteiger partial charge in [-0.25, -0.2) is 0 Å². The van der Waals surface area contributed by atoms with Crippen LogP contribution >= 0.6 is 0 Å². The Labute approximate surface area is 80.8 Å². The summed E-state index contributed by atoms with van der Waals surface area (Å²) < 4.78 is 0. The maximum atomic E-state index is 8.12. The van der Waals surface area contributed by atoms with E-state index in [-0.39, 0.29) is 5.41 Å². The van der Waals surface area contributed by atoms with Gasteiger partial charge in [0.15, 0.2) is 0 Å². The Morgan fingerprint density at radius 3 is 2.38 bits per heavy atom. The van der Waals surface area contributed by atoms with E-state index >= 15 is 0 Å². The molecule has 74 valence electrons. The number of amidine groups is 1. The second-order valence-corrected chi connectivity index (χ2v) is 5.58. The zero-order chi connectivity index (χ0) is 9.64. The van der Waals surface area contributed by atoms with E-state index in [1.54, 1.807) is 0 Å². The fourth-order valence-corrected chi connectivity index (χ4v) is 2.63. The number of rotatable bonds is 0. The third-order valence-corrected chi connectivity index (χ3v) is 3.41. The molecule has 0 amide bonds. The van der Waals surface area contributed by atoms with Crippen molar-refractivity contribution in [3.8, 4) is 0 Å². The average molecular weight is 180 g/mol. The highest BCUT2D eigenvalue weighted by Crippen LogP contribution is 2.39. The highest BCUT2D eigenvalue weighted by atomic mass is 15.2. The fourth-order valence-electron chi connectivity index (χ4n) is 2.63. The lowest BCUT2D eigenvalue weighted by molar-refractivity contribution is 0.296. The van der Waals surface area contributed by atoms with Gasteiger partial charge < -0.3 is 4.90 Å². The monoisotopic (exact) mass is 180 g/mol. The molecule has 2 heteroatoms. The molecule has 2 aliphatic rings. The Kier molecular flexibility index (Phi) is 1.90. The third-order valence-electron chi connectivity index (χ3n) is 3.41. The van der Waals surface area contributed by atoms with Gasteiger partial charge in [-0.15, -0.1) is 0 Å².